The minimum absolute atomic E-state index is 0.0219. The lowest BCUT2D eigenvalue weighted by molar-refractivity contribution is -0.136. The van der Waals surface area contributed by atoms with Crippen molar-refractivity contribution in [2.75, 3.05) is 20.2 Å². The molecule has 0 unspecified atom stereocenters. The van der Waals surface area contributed by atoms with Crippen LogP contribution in [0, 0.1) is 5.41 Å². The Morgan fingerprint density at radius 1 is 1.23 bits per heavy atom. The number of carbonyl (C=O) groups is 1. The summed E-state index contributed by atoms with van der Waals surface area (Å²) in [5, 5.41) is -0.509. The average Bonchev–Trinajstić information content (AvgIpc) is 2.34. The van der Waals surface area contributed by atoms with Crippen molar-refractivity contribution in [2.24, 2.45) is 5.41 Å². The first kappa shape index (κ1) is 16.8. The predicted molar refractivity (Wildman–Crippen MR) is 84.6 cm³/mol. The van der Waals surface area contributed by atoms with Crippen LogP contribution in [0.15, 0.2) is 29.2 Å². The molecular formula is C16H23NO4S. The molecule has 0 radical (unpaired) electrons. The van der Waals surface area contributed by atoms with Gasteiger partial charge in [-0.1, -0.05) is 20.8 Å². The Morgan fingerprint density at radius 3 is 2.23 bits per heavy atom. The largest absolute Gasteiger partial charge is 0.497 e. The van der Waals surface area contributed by atoms with Crippen molar-refractivity contribution in [1.82, 2.24) is 4.90 Å². The van der Waals surface area contributed by atoms with Crippen molar-refractivity contribution in [3.05, 3.63) is 24.3 Å². The van der Waals surface area contributed by atoms with Crippen LogP contribution >= 0.6 is 0 Å². The molecule has 1 fully saturated rings. The summed E-state index contributed by atoms with van der Waals surface area (Å²) in [4.78, 5) is 13.9. The van der Waals surface area contributed by atoms with Crippen molar-refractivity contribution >= 4 is 15.7 Å². The van der Waals surface area contributed by atoms with Gasteiger partial charge in [-0.25, -0.2) is 8.42 Å². The lowest BCUT2D eigenvalue weighted by Gasteiger charge is -2.39. The van der Waals surface area contributed by atoms with Gasteiger partial charge in [0.2, 0.25) is 5.91 Å². The second-order valence-electron chi connectivity index (χ2n) is 6.88. The summed E-state index contributed by atoms with van der Waals surface area (Å²) >= 11 is 0. The van der Waals surface area contributed by atoms with Gasteiger partial charge in [0, 0.05) is 19.5 Å². The molecule has 0 atom stereocenters. The number of rotatable bonds is 4. The number of methoxy groups -OCH3 is 1. The Morgan fingerprint density at radius 2 is 1.77 bits per heavy atom. The van der Waals surface area contributed by atoms with E-state index in [1.807, 2.05) is 20.8 Å². The number of sulfone groups is 1. The van der Waals surface area contributed by atoms with Crippen LogP contribution < -0.4 is 4.74 Å². The van der Waals surface area contributed by atoms with Gasteiger partial charge in [0.15, 0.2) is 9.84 Å². The van der Waals surface area contributed by atoms with Crippen LogP contribution in [0.25, 0.3) is 0 Å². The van der Waals surface area contributed by atoms with Crippen LogP contribution in [0.3, 0.4) is 0 Å². The summed E-state index contributed by atoms with van der Waals surface area (Å²) in [6.45, 7) is 6.55. The first-order valence-electron chi connectivity index (χ1n) is 7.29. The van der Waals surface area contributed by atoms with E-state index in [1.54, 1.807) is 29.2 Å². The topological polar surface area (TPSA) is 63.7 Å². The van der Waals surface area contributed by atoms with Gasteiger partial charge in [0.1, 0.15) is 11.0 Å². The first-order valence-corrected chi connectivity index (χ1v) is 8.84. The van der Waals surface area contributed by atoms with Gasteiger partial charge in [-0.05, 0) is 29.7 Å². The Kier molecular flexibility index (Phi) is 4.52. The van der Waals surface area contributed by atoms with Gasteiger partial charge in [-0.2, -0.15) is 0 Å². The molecule has 2 rings (SSSR count). The van der Waals surface area contributed by atoms with E-state index < -0.39 is 15.1 Å². The van der Waals surface area contributed by atoms with Gasteiger partial charge < -0.3 is 9.64 Å². The zero-order valence-electron chi connectivity index (χ0n) is 13.5. The molecule has 1 aliphatic heterocycles. The molecule has 122 valence electrons. The quantitative estimate of drug-likeness (QED) is 0.850. The minimum Gasteiger partial charge on any atom is -0.497 e. The highest BCUT2D eigenvalue weighted by Crippen LogP contribution is 2.28. The van der Waals surface area contributed by atoms with Gasteiger partial charge in [-0.3, -0.25) is 4.79 Å². The SMILES string of the molecule is COc1ccc(S(=O)(=O)C2CN(C(=O)CC(C)(C)C)C2)cc1. The molecule has 5 nitrogen and oxygen atoms in total. The number of carbonyl (C=O) groups excluding carboxylic acids is 1. The number of benzene rings is 1. The summed E-state index contributed by atoms with van der Waals surface area (Å²) in [6, 6.07) is 6.36. The average molecular weight is 325 g/mol. The zero-order valence-corrected chi connectivity index (χ0v) is 14.3. The highest BCUT2D eigenvalue weighted by molar-refractivity contribution is 7.92. The lowest BCUT2D eigenvalue weighted by atomic mass is 9.91. The van der Waals surface area contributed by atoms with E-state index in [0.29, 0.717) is 12.2 Å². The normalized spacial score (nSPS) is 16.3. The summed E-state index contributed by atoms with van der Waals surface area (Å²) in [5.74, 6) is 0.642. The van der Waals surface area contributed by atoms with E-state index in [4.69, 9.17) is 4.74 Å². The minimum atomic E-state index is -3.39. The molecule has 0 spiro atoms. The maximum Gasteiger partial charge on any atom is 0.223 e. The molecular weight excluding hydrogens is 302 g/mol. The van der Waals surface area contributed by atoms with Crippen molar-refractivity contribution in [3.8, 4) is 5.75 Å². The second kappa shape index (κ2) is 5.91. The van der Waals surface area contributed by atoms with Crippen molar-refractivity contribution < 1.29 is 17.9 Å². The molecule has 1 aromatic rings. The Hall–Kier alpha value is -1.56. The van der Waals surface area contributed by atoms with Gasteiger partial charge in [0.25, 0.3) is 0 Å². The van der Waals surface area contributed by atoms with E-state index in [1.165, 1.54) is 7.11 Å². The molecule has 22 heavy (non-hydrogen) atoms. The Labute approximate surface area is 132 Å². The molecule has 6 heteroatoms. The molecule has 0 bridgehead atoms. The van der Waals surface area contributed by atoms with Crippen LogP contribution in [0.4, 0.5) is 0 Å². The van der Waals surface area contributed by atoms with E-state index in [-0.39, 0.29) is 29.3 Å². The van der Waals surface area contributed by atoms with Crippen LogP contribution in [0.5, 0.6) is 5.75 Å². The third-order valence-corrected chi connectivity index (χ3v) is 5.81. The summed E-state index contributed by atoms with van der Waals surface area (Å²) in [6.07, 6.45) is 0.433. The third-order valence-electron chi connectivity index (χ3n) is 3.71. The number of hydrogen-bond acceptors (Lipinski definition) is 4. The standard InChI is InChI=1S/C16H23NO4S/c1-16(2,3)9-15(18)17-10-14(11-17)22(19,20)13-7-5-12(21-4)6-8-13/h5-8,14H,9-11H2,1-4H3. The molecule has 0 saturated carbocycles. The van der Waals surface area contributed by atoms with Gasteiger partial charge >= 0.3 is 0 Å². The Bertz CT molecular complexity index is 638. The summed E-state index contributed by atoms with van der Waals surface area (Å²) < 4.78 is 30.0. The third kappa shape index (κ3) is 3.61. The Balaban J connectivity index is 2.00. The number of amides is 1. The maximum atomic E-state index is 12.5. The number of likely N-dealkylation sites (tertiary alicyclic amines) is 1. The number of ether oxygens (including phenoxy) is 1. The summed E-state index contributed by atoms with van der Waals surface area (Å²) in [7, 11) is -1.85. The van der Waals surface area contributed by atoms with Crippen molar-refractivity contribution in [1.29, 1.82) is 0 Å². The molecule has 1 heterocycles. The van der Waals surface area contributed by atoms with Gasteiger partial charge in [-0.15, -0.1) is 0 Å². The van der Waals surface area contributed by atoms with Crippen molar-refractivity contribution in [3.63, 3.8) is 0 Å². The highest BCUT2D eigenvalue weighted by atomic mass is 32.2. The van der Waals surface area contributed by atoms with Crippen molar-refractivity contribution in [2.45, 2.75) is 37.3 Å². The lowest BCUT2D eigenvalue weighted by Crippen LogP contribution is -2.57. The monoisotopic (exact) mass is 325 g/mol. The summed E-state index contributed by atoms with van der Waals surface area (Å²) in [5.41, 5.74) is -0.0863. The molecule has 0 aliphatic carbocycles. The van der Waals surface area contributed by atoms with E-state index in [2.05, 4.69) is 0 Å². The first-order chi connectivity index (χ1) is 10.1. The molecule has 1 aliphatic rings. The molecule has 0 aromatic heterocycles. The number of hydrogen-bond donors (Lipinski definition) is 0. The van der Waals surface area contributed by atoms with Crippen LogP contribution in [-0.2, 0) is 14.6 Å². The zero-order chi connectivity index (χ0) is 16.5. The maximum absolute atomic E-state index is 12.5. The van der Waals surface area contributed by atoms with E-state index in [9.17, 15) is 13.2 Å². The fourth-order valence-electron chi connectivity index (χ4n) is 2.36. The molecule has 1 amide bonds. The fourth-order valence-corrected chi connectivity index (χ4v) is 4.01. The van der Waals surface area contributed by atoms with Crippen LogP contribution in [-0.4, -0.2) is 44.7 Å². The smallest absolute Gasteiger partial charge is 0.223 e. The van der Waals surface area contributed by atoms with Crippen LogP contribution in [0.2, 0.25) is 0 Å². The molecule has 1 saturated heterocycles. The second-order valence-corrected chi connectivity index (χ2v) is 9.11. The fraction of sp³-hybridized carbons (Fsp3) is 0.562. The highest BCUT2D eigenvalue weighted by Gasteiger charge is 2.40. The van der Waals surface area contributed by atoms with Gasteiger partial charge in [0.05, 0.1) is 12.0 Å². The van der Waals surface area contributed by atoms with Crippen LogP contribution in [0.1, 0.15) is 27.2 Å². The molecule has 1 aromatic carbocycles. The van der Waals surface area contributed by atoms with E-state index >= 15 is 0 Å². The van der Waals surface area contributed by atoms with E-state index in [0.717, 1.165) is 0 Å². The molecule has 0 N–H and O–H groups in total. The number of nitrogens with zero attached hydrogens (tertiary/aromatic N) is 1. The predicted octanol–water partition coefficient (Wildman–Crippen LogP) is 2.12.